The van der Waals surface area contributed by atoms with Crippen LogP contribution in [0, 0.1) is 0 Å². The fraction of sp³-hybridized carbons (Fsp3) is 0.944. The van der Waals surface area contributed by atoms with Crippen molar-refractivity contribution >= 4 is 16.0 Å². The lowest BCUT2D eigenvalue weighted by Crippen LogP contribution is -2.37. The summed E-state index contributed by atoms with van der Waals surface area (Å²) in [7, 11) is 2.25. The van der Waals surface area contributed by atoms with E-state index in [1.165, 1.54) is 0 Å². The van der Waals surface area contributed by atoms with Crippen LogP contribution in [0.5, 0.6) is 0 Å². The minimum Gasteiger partial charge on any atom is -0.748 e. The van der Waals surface area contributed by atoms with Crippen molar-refractivity contribution in [2.45, 2.75) is 76.4 Å². The highest BCUT2D eigenvalue weighted by atomic mass is 32.2. The first-order chi connectivity index (χ1) is 11.6. The first kappa shape index (κ1) is 24.3. The lowest BCUT2D eigenvalue weighted by Gasteiger charge is -2.23. The Morgan fingerprint density at radius 1 is 1.00 bits per heavy atom. The second kappa shape index (κ2) is 12.7. The van der Waals surface area contributed by atoms with Crippen molar-refractivity contribution in [1.82, 2.24) is 5.32 Å². The van der Waals surface area contributed by atoms with Gasteiger partial charge in [0.15, 0.2) is 0 Å². The Kier molecular flexibility index (Phi) is 12.3. The average molecular weight is 379 g/mol. The van der Waals surface area contributed by atoms with E-state index in [1.807, 2.05) is 6.92 Å². The van der Waals surface area contributed by atoms with Crippen LogP contribution in [-0.2, 0) is 14.9 Å². The van der Waals surface area contributed by atoms with Gasteiger partial charge >= 0.3 is 0 Å². The lowest BCUT2D eigenvalue weighted by atomic mass is 10.1. The van der Waals surface area contributed by atoms with Gasteiger partial charge in [-0.2, -0.15) is 0 Å². The highest BCUT2D eigenvalue weighted by Gasteiger charge is 2.14. The highest BCUT2D eigenvalue weighted by molar-refractivity contribution is 7.86. The largest absolute Gasteiger partial charge is 0.748 e. The Balaban J connectivity index is 3.61. The van der Waals surface area contributed by atoms with E-state index in [4.69, 9.17) is 0 Å². The van der Waals surface area contributed by atoms with Crippen molar-refractivity contribution in [2.24, 2.45) is 0 Å². The zero-order valence-electron chi connectivity index (χ0n) is 16.6. The highest BCUT2D eigenvalue weighted by Crippen LogP contribution is 2.16. The number of hydrogen-bond acceptors (Lipinski definition) is 4. The number of carbonyl (C=O) groups excluding carboxylic acids is 1. The first-order valence-electron chi connectivity index (χ1n) is 9.58. The summed E-state index contributed by atoms with van der Waals surface area (Å²) in [5.74, 6) is 0.113. The van der Waals surface area contributed by atoms with Crippen molar-refractivity contribution in [3.8, 4) is 0 Å². The summed E-state index contributed by atoms with van der Waals surface area (Å²) in [5, 5.41) is 2.23. The molecule has 0 saturated carbocycles. The Bertz CT molecular complexity index is 458. The molecule has 0 heterocycles. The zero-order chi connectivity index (χ0) is 19.3. The molecule has 0 aliphatic rings. The molecule has 1 N–H and O–H groups in total. The summed E-state index contributed by atoms with van der Waals surface area (Å²) in [4.78, 5) is 11.7. The molecular weight excluding hydrogens is 340 g/mol. The molecule has 0 aromatic carbocycles. The van der Waals surface area contributed by atoms with Crippen molar-refractivity contribution < 1.29 is 22.2 Å². The van der Waals surface area contributed by atoms with E-state index in [1.54, 1.807) is 0 Å². The van der Waals surface area contributed by atoms with Gasteiger partial charge in [0, 0.05) is 24.6 Å². The minimum atomic E-state index is -4.16. The van der Waals surface area contributed by atoms with Crippen LogP contribution in [0.15, 0.2) is 0 Å². The van der Waals surface area contributed by atoms with Crippen LogP contribution in [-0.4, -0.2) is 62.8 Å². The molecule has 0 rings (SSSR count). The molecule has 0 aromatic rings. The van der Waals surface area contributed by atoms with Crippen molar-refractivity contribution in [3.63, 3.8) is 0 Å². The van der Waals surface area contributed by atoms with Gasteiger partial charge in [-0.05, 0) is 19.3 Å². The lowest BCUT2D eigenvalue weighted by molar-refractivity contribution is -0.870. The van der Waals surface area contributed by atoms with Crippen LogP contribution in [0.4, 0.5) is 0 Å². The summed E-state index contributed by atoms with van der Waals surface area (Å²) in [6.45, 7) is 3.67. The van der Waals surface area contributed by atoms with Gasteiger partial charge in [0.05, 0.1) is 37.8 Å². The Labute approximate surface area is 154 Å². The molecular formula is C18H38N2O4S. The van der Waals surface area contributed by atoms with Gasteiger partial charge in [0.1, 0.15) is 0 Å². The van der Waals surface area contributed by atoms with Gasteiger partial charge in [-0.15, -0.1) is 0 Å². The van der Waals surface area contributed by atoms with Crippen LogP contribution in [0.25, 0.3) is 0 Å². The van der Waals surface area contributed by atoms with E-state index in [-0.39, 0.29) is 5.91 Å². The van der Waals surface area contributed by atoms with Gasteiger partial charge < -0.3 is 14.4 Å². The normalized spacial score (nSPS) is 13.6. The number of nitrogens with zero attached hydrogens (tertiary/aromatic N) is 1. The molecule has 0 aromatic heterocycles. The molecule has 25 heavy (non-hydrogen) atoms. The maximum atomic E-state index is 11.7. The summed E-state index contributed by atoms with van der Waals surface area (Å²) in [6, 6.07) is 0. The number of unbranched alkanes of at least 4 members (excludes halogenated alkanes) is 4. The predicted octanol–water partition coefficient (Wildman–Crippen LogP) is 2.64. The second-order valence-electron chi connectivity index (χ2n) is 7.93. The summed E-state index contributed by atoms with van der Waals surface area (Å²) in [5.41, 5.74) is 0. The third-order valence-electron chi connectivity index (χ3n) is 4.28. The van der Waals surface area contributed by atoms with Crippen molar-refractivity contribution in [1.29, 1.82) is 0 Å². The zero-order valence-corrected chi connectivity index (χ0v) is 17.4. The van der Waals surface area contributed by atoms with Gasteiger partial charge in [0.25, 0.3) is 0 Å². The van der Waals surface area contributed by atoms with E-state index in [9.17, 15) is 17.8 Å². The SMILES string of the molecule is CCCC(CCCCCCCC(=O)NCCC[N+](C)(C)C)S(=O)(=O)[O-]. The van der Waals surface area contributed by atoms with Crippen molar-refractivity contribution in [3.05, 3.63) is 0 Å². The van der Waals surface area contributed by atoms with Crippen LogP contribution < -0.4 is 5.32 Å². The third-order valence-corrected chi connectivity index (χ3v) is 5.56. The standard InChI is InChI=1S/C18H38N2O4S/c1-5-12-17(25(22,23)24)13-9-7-6-8-10-14-18(21)19-15-11-16-20(2,3)4/h17H,5-16H2,1-4H3,(H-,19,21,22,23,24). The molecule has 0 spiro atoms. The fourth-order valence-corrected chi connectivity index (χ4v) is 3.79. The molecule has 1 unspecified atom stereocenters. The van der Waals surface area contributed by atoms with Gasteiger partial charge in [-0.3, -0.25) is 4.79 Å². The van der Waals surface area contributed by atoms with E-state index in [2.05, 4.69) is 26.5 Å². The third kappa shape index (κ3) is 15.3. The molecule has 0 radical (unpaired) electrons. The Morgan fingerprint density at radius 3 is 2.16 bits per heavy atom. The smallest absolute Gasteiger partial charge is 0.219 e. The van der Waals surface area contributed by atoms with Crippen LogP contribution >= 0.6 is 0 Å². The molecule has 0 aliphatic heterocycles. The van der Waals surface area contributed by atoms with E-state index < -0.39 is 15.4 Å². The van der Waals surface area contributed by atoms with Gasteiger partial charge in [0.2, 0.25) is 5.91 Å². The summed E-state index contributed by atoms with van der Waals surface area (Å²) >= 11 is 0. The van der Waals surface area contributed by atoms with Crippen LogP contribution in [0.1, 0.15) is 71.1 Å². The maximum absolute atomic E-state index is 11.7. The maximum Gasteiger partial charge on any atom is 0.219 e. The monoisotopic (exact) mass is 378 g/mol. The van der Waals surface area contributed by atoms with Crippen LogP contribution in [0.3, 0.4) is 0 Å². The second-order valence-corrected chi connectivity index (χ2v) is 9.58. The molecule has 6 nitrogen and oxygen atoms in total. The van der Waals surface area contributed by atoms with Crippen LogP contribution in [0.2, 0.25) is 0 Å². The molecule has 0 saturated heterocycles. The van der Waals surface area contributed by atoms with E-state index in [0.29, 0.717) is 19.3 Å². The quantitative estimate of drug-likeness (QED) is 0.270. The average Bonchev–Trinajstić information content (AvgIpc) is 2.47. The first-order valence-corrected chi connectivity index (χ1v) is 11.0. The molecule has 1 amide bonds. The fourth-order valence-electron chi connectivity index (χ4n) is 2.81. The Morgan fingerprint density at radius 2 is 1.60 bits per heavy atom. The van der Waals surface area contributed by atoms with Crippen molar-refractivity contribution in [2.75, 3.05) is 34.2 Å². The molecule has 7 heteroatoms. The number of amides is 1. The number of carbonyl (C=O) groups is 1. The minimum absolute atomic E-state index is 0.113. The topological polar surface area (TPSA) is 86.3 Å². The number of nitrogens with one attached hydrogen (secondary N) is 1. The molecule has 0 bridgehead atoms. The number of quaternary nitrogens is 1. The Hall–Kier alpha value is -0.660. The van der Waals surface area contributed by atoms with E-state index >= 15 is 0 Å². The predicted molar refractivity (Wildman–Crippen MR) is 101 cm³/mol. The van der Waals surface area contributed by atoms with Gasteiger partial charge in [-0.25, -0.2) is 8.42 Å². The van der Waals surface area contributed by atoms with Gasteiger partial charge in [-0.1, -0.05) is 39.0 Å². The molecule has 150 valence electrons. The summed E-state index contributed by atoms with van der Waals surface area (Å²) in [6.07, 6.45) is 7.67. The van der Waals surface area contributed by atoms with E-state index in [0.717, 1.165) is 62.5 Å². The molecule has 0 fully saturated rings. The molecule has 1 atom stereocenters. The number of rotatable bonds is 15. The molecule has 0 aliphatic carbocycles. The number of hydrogen-bond donors (Lipinski definition) is 1. The summed E-state index contributed by atoms with van der Waals surface area (Å²) < 4.78 is 34.3.